The second-order valence-corrected chi connectivity index (χ2v) is 7.63. The van der Waals surface area contributed by atoms with Crippen LogP contribution in [0.2, 0.25) is 0 Å². The molecular formula is C21H22N2O2S. The van der Waals surface area contributed by atoms with Crippen LogP contribution in [-0.2, 0) is 4.79 Å². The van der Waals surface area contributed by atoms with E-state index < -0.39 is 0 Å². The number of hydrogen-bond donors (Lipinski definition) is 0. The van der Waals surface area contributed by atoms with E-state index in [1.807, 2.05) is 49.4 Å². The van der Waals surface area contributed by atoms with E-state index in [0.29, 0.717) is 18.8 Å². The summed E-state index contributed by atoms with van der Waals surface area (Å²) in [4.78, 5) is 17.1. The van der Waals surface area contributed by atoms with Crippen molar-refractivity contribution in [2.75, 3.05) is 6.61 Å². The smallest absolute Gasteiger partial charge is 0.174 e. The molecule has 4 rings (SSSR count). The second-order valence-electron chi connectivity index (χ2n) is 6.46. The molecule has 1 saturated carbocycles. The maximum absolute atomic E-state index is 12.3. The van der Waals surface area contributed by atoms with Crippen LogP contribution in [0.4, 0.5) is 0 Å². The third-order valence-electron chi connectivity index (χ3n) is 4.68. The molecule has 2 aromatic carbocycles. The van der Waals surface area contributed by atoms with Gasteiger partial charge in [0.15, 0.2) is 5.16 Å². The van der Waals surface area contributed by atoms with Gasteiger partial charge in [0.1, 0.15) is 11.5 Å². The van der Waals surface area contributed by atoms with Gasteiger partial charge in [-0.3, -0.25) is 9.36 Å². The lowest BCUT2D eigenvalue weighted by Gasteiger charge is -2.20. The molecule has 4 nitrogen and oxygen atoms in total. The zero-order valence-electron chi connectivity index (χ0n) is 14.9. The number of imidazole rings is 1. The highest BCUT2D eigenvalue weighted by atomic mass is 32.2. The van der Waals surface area contributed by atoms with Gasteiger partial charge in [0, 0.05) is 12.1 Å². The summed E-state index contributed by atoms with van der Waals surface area (Å²) in [7, 11) is 0. The van der Waals surface area contributed by atoms with Gasteiger partial charge in [-0.25, -0.2) is 4.98 Å². The van der Waals surface area contributed by atoms with Crippen LogP contribution in [0.25, 0.3) is 16.7 Å². The van der Waals surface area contributed by atoms with Crippen LogP contribution in [0.3, 0.4) is 0 Å². The Balaban J connectivity index is 1.75. The van der Waals surface area contributed by atoms with Crippen LogP contribution in [0.15, 0.2) is 53.7 Å². The Labute approximate surface area is 157 Å². The first kappa shape index (κ1) is 17.2. The van der Waals surface area contributed by atoms with Crippen LogP contribution < -0.4 is 4.74 Å². The molecular weight excluding hydrogens is 344 g/mol. The van der Waals surface area contributed by atoms with Crippen molar-refractivity contribution in [2.24, 2.45) is 0 Å². The number of carbonyl (C=O) groups is 1. The first-order valence-corrected chi connectivity index (χ1v) is 10.0. The van der Waals surface area contributed by atoms with E-state index in [0.717, 1.165) is 46.9 Å². The van der Waals surface area contributed by atoms with Crippen LogP contribution >= 0.6 is 11.8 Å². The molecule has 0 bridgehead atoms. The fourth-order valence-corrected chi connectivity index (χ4v) is 4.64. The van der Waals surface area contributed by atoms with Gasteiger partial charge in [-0.05, 0) is 56.2 Å². The number of nitrogens with zero attached hydrogens (tertiary/aromatic N) is 2. The summed E-state index contributed by atoms with van der Waals surface area (Å²) in [6.45, 7) is 2.63. The summed E-state index contributed by atoms with van der Waals surface area (Å²) < 4.78 is 7.71. The maximum Gasteiger partial charge on any atom is 0.174 e. The lowest BCUT2D eigenvalue weighted by Crippen LogP contribution is -2.21. The molecule has 0 saturated heterocycles. The number of benzene rings is 2. The normalized spacial score (nSPS) is 17.6. The van der Waals surface area contributed by atoms with Gasteiger partial charge in [0.05, 0.1) is 22.9 Å². The first-order valence-electron chi connectivity index (χ1n) is 9.16. The van der Waals surface area contributed by atoms with Crippen molar-refractivity contribution in [3.05, 3.63) is 48.5 Å². The monoisotopic (exact) mass is 366 g/mol. The highest BCUT2D eigenvalue weighted by Gasteiger charge is 2.26. The number of Topliss-reactive ketones (excluding diaryl/α,β-unsaturated/α-hetero) is 1. The molecule has 0 unspecified atom stereocenters. The number of carbonyl (C=O) groups excluding carboxylic acids is 1. The molecule has 5 heteroatoms. The molecule has 26 heavy (non-hydrogen) atoms. The Morgan fingerprint density at radius 2 is 1.96 bits per heavy atom. The minimum Gasteiger partial charge on any atom is -0.494 e. The van der Waals surface area contributed by atoms with Gasteiger partial charge in [0.25, 0.3) is 0 Å². The standard InChI is InChI=1S/C21H22N2O2S/c1-2-25-16-13-11-15(12-14-16)23-18-8-4-3-7-17(18)22-21(23)26-20-10-6-5-9-19(20)24/h3-4,7-8,11-14,20H,2,5-6,9-10H2,1H3/t20-/m0/s1. The molecule has 134 valence electrons. The molecule has 1 heterocycles. The van der Waals surface area contributed by atoms with E-state index in [9.17, 15) is 4.79 Å². The van der Waals surface area contributed by atoms with Crippen molar-refractivity contribution < 1.29 is 9.53 Å². The van der Waals surface area contributed by atoms with Crippen molar-refractivity contribution in [3.63, 3.8) is 0 Å². The number of fused-ring (bicyclic) bond motifs is 1. The molecule has 3 aromatic rings. The average molecular weight is 366 g/mol. The van der Waals surface area contributed by atoms with E-state index in [1.54, 1.807) is 11.8 Å². The van der Waals surface area contributed by atoms with Crippen molar-refractivity contribution in [1.29, 1.82) is 0 Å². The first-order chi connectivity index (χ1) is 12.8. The SMILES string of the molecule is CCOc1ccc(-n2c(S[C@H]3CCCCC3=O)nc3ccccc32)cc1. The Kier molecular flexibility index (Phi) is 4.98. The third kappa shape index (κ3) is 3.36. The van der Waals surface area contributed by atoms with E-state index in [-0.39, 0.29) is 5.25 Å². The summed E-state index contributed by atoms with van der Waals surface area (Å²) in [5, 5.41) is 0.901. The summed E-state index contributed by atoms with van der Waals surface area (Å²) in [5.41, 5.74) is 3.04. The zero-order chi connectivity index (χ0) is 17.9. The third-order valence-corrected chi connectivity index (χ3v) is 5.95. The molecule has 0 radical (unpaired) electrons. The quantitative estimate of drug-likeness (QED) is 0.635. The highest BCUT2D eigenvalue weighted by molar-refractivity contribution is 8.00. The summed E-state index contributed by atoms with van der Waals surface area (Å²) >= 11 is 1.61. The highest BCUT2D eigenvalue weighted by Crippen LogP contribution is 2.35. The Bertz CT molecular complexity index is 917. The van der Waals surface area contributed by atoms with Gasteiger partial charge >= 0.3 is 0 Å². The summed E-state index contributed by atoms with van der Waals surface area (Å²) in [6.07, 6.45) is 3.77. The Morgan fingerprint density at radius 3 is 2.73 bits per heavy atom. The Hall–Kier alpha value is -2.27. The molecule has 0 spiro atoms. The van der Waals surface area contributed by atoms with Gasteiger partial charge in [-0.2, -0.15) is 0 Å². The number of para-hydroxylation sites is 2. The van der Waals surface area contributed by atoms with Gasteiger partial charge in [-0.15, -0.1) is 0 Å². The maximum atomic E-state index is 12.3. The molecule has 1 aliphatic rings. The van der Waals surface area contributed by atoms with E-state index in [4.69, 9.17) is 9.72 Å². The number of ketones is 1. The molecule has 0 N–H and O–H groups in total. The van der Waals surface area contributed by atoms with E-state index in [2.05, 4.69) is 10.6 Å². The van der Waals surface area contributed by atoms with Crippen molar-refractivity contribution in [3.8, 4) is 11.4 Å². The largest absolute Gasteiger partial charge is 0.494 e. The predicted octanol–water partition coefficient (Wildman–Crippen LogP) is 5.03. The van der Waals surface area contributed by atoms with E-state index in [1.165, 1.54) is 0 Å². The molecule has 1 atom stereocenters. The molecule has 1 fully saturated rings. The number of rotatable bonds is 5. The molecule has 1 aromatic heterocycles. The van der Waals surface area contributed by atoms with Crippen molar-refractivity contribution in [1.82, 2.24) is 9.55 Å². The zero-order valence-corrected chi connectivity index (χ0v) is 15.7. The predicted molar refractivity (Wildman–Crippen MR) is 105 cm³/mol. The van der Waals surface area contributed by atoms with Crippen LogP contribution in [-0.4, -0.2) is 27.2 Å². The number of hydrogen-bond acceptors (Lipinski definition) is 4. The second kappa shape index (κ2) is 7.54. The van der Waals surface area contributed by atoms with Crippen LogP contribution in [0.5, 0.6) is 5.75 Å². The summed E-state index contributed by atoms with van der Waals surface area (Å²) in [5.74, 6) is 1.21. The lowest BCUT2D eigenvalue weighted by atomic mass is 9.99. The minimum absolute atomic E-state index is 0.0158. The van der Waals surface area contributed by atoms with Crippen LogP contribution in [0, 0.1) is 0 Å². The minimum atomic E-state index is 0.0158. The Morgan fingerprint density at radius 1 is 1.15 bits per heavy atom. The molecule has 0 amide bonds. The summed E-state index contributed by atoms with van der Waals surface area (Å²) in [6, 6.07) is 16.2. The molecule has 1 aliphatic carbocycles. The van der Waals surface area contributed by atoms with Gasteiger partial charge < -0.3 is 4.74 Å². The number of aromatic nitrogens is 2. The number of thioether (sulfide) groups is 1. The van der Waals surface area contributed by atoms with Gasteiger partial charge in [0.2, 0.25) is 0 Å². The van der Waals surface area contributed by atoms with Crippen molar-refractivity contribution >= 4 is 28.6 Å². The lowest BCUT2D eigenvalue weighted by molar-refractivity contribution is -0.119. The average Bonchev–Trinajstić information content (AvgIpc) is 3.02. The fourth-order valence-electron chi connectivity index (χ4n) is 3.39. The van der Waals surface area contributed by atoms with E-state index >= 15 is 0 Å². The van der Waals surface area contributed by atoms with Gasteiger partial charge in [-0.1, -0.05) is 30.3 Å². The van der Waals surface area contributed by atoms with Crippen LogP contribution in [0.1, 0.15) is 32.6 Å². The molecule has 0 aliphatic heterocycles. The number of ether oxygens (including phenoxy) is 1. The fraction of sp³-hybridized carbons (Fsp3) is 0.333. The topological polar surface area (TPSA) is 44.1 Å². The van der Waals surface area contributed by atoms with Crippen molar-refractivity contribution in [2.45, 2.75) is 43.0 Å².